The Morgan fingerprint density at radius 2 is 1.67 bits per heavy atom. The molecule has 1 atom stereocenters. The second kappa shape index (κ2) is 4.86. The van der Waals surface area contributed by atoms with E-state index in [1.807, 2.05) is 0 Å². The van der Waals surface area contributed by atoms with Gasteiger partial charge in [-0.15, -0.1) is 0 Å². The Morgan fingerprint density at radius 1 is 1.17 bits per heavy atom. The second-order valence-corrected chi connectivity index (χ2v) is 9.70. The summed E-state index contributed by atoms with van der Waals surface area (Å²) in [6.07, 6.45) is 3.69. The first-order valence-electron chi connectivity index (χ1n) is 5.09. The standard InChI is InChI=1S/C11H24Si/c1-7-11(4)12(5,6)9-8-10(2)3/h8-11H,7H2,1-6H3. The summed E-state index contributed by atoms with van der Waals surface area (Å²) in [6, 6.07) is 0. The summed E-state index contributed by atoms with van der Waals surface area (Å²) in [5.74, 6) is 0.709. The van der Waals surface area contributed by atoms with E-state index in [2.05, 4.69) is 52.6 Å². The van der Waals surface area contributed by atoms with Crippen molar-refractivity contribution in [3.05, 3.63) is 11.8 Å². The minimum atomic E-state index is -1.05. The highest BCUT2D eigenvalue weighted by Gasteiger charge is 2.23. The van der Waals surface area contributed by atoms with Crippen LogP contribution in [0.25, 0.3) is 0 Å². The van der Waals surface area contributed by atoms with Crippen LogP contribution in [0.2, 0.25) is 18.6 Å². The van der Waals surface area contributed by atoms with Gasteiger partial charge in [-0.25, -0.2) is 0 Å². The molecule has 0 N–H and O–H groups in total. The van der Waals surface area contributed by atoms with E-state index < -0.39 is 8.07 Å². The summed E-state index contributed by atoms with van der Waals surface area (Å²) in [5, 5.41) is 0. The Kier molecular flexibility index (Phi) is 4.84. The van der Waals surface area contributed by atoms with Crippen LogP contribution in [0.3, 0.4) is 0 Å². The predicted molar refractivity (Wildman–Crippen MR) is 61.2 cm³/mol. The third-order valence-electron chi connectivity index (χ3n) is 2.79. The molecule has 0 fully saturated rings. The van der Waals surface area contributed by atoms with Gasteiger partial charge in [0, 0.05) is 0 Å². The minimum Gasteiger partial charge on any atom is -0.0981 e. The third kappa shape index (κ3) is 4.10. The zero-order valence-corrected chi connectivity index (χ0v) is 10.5. The first kappa shape index (κ1) is 12.0. The molecule has 0 aliphatic carbocycles. The Labute approximate surface area is 79.1 Å². The maximum absolute atomic E-state index is 2.51. The molecule has 0 aromatic heterocycles. The Bertz CT molecular complexity index is 145. The molecule has 0 radical (unpaired) electrons. The lowest BCUT2D eigenvalue weighted by Crippen LogP contribution is -2.28. The number of hydrogen-bond donors (Lipinski definition) is 0. The molecular formula is C11H24Si. The Morgan fingerprint density at radius 3 is 2.00 bits per heavy atom. The molecule has 0 rings (SSSR count). The van der Waals surface area contributed by atoms with Gasteiger partial charge in [0.05, 0.1) is 8.07 Å². The van der Waals surface area contributed by atoms with Gasteiger partial charge in [-0.3, -0.25) is 0 Å². The van der Waals surface area contributed by atoms with Gasteiger partial charge in [0.2, 0.25) is 0 Å². The summed E-state index contributed by atoms with van der Waals surface area (Å²) >= 11 is 0. The van der Waals surface area contributed by atoms with Crippen molar-refractivity contribution < 1.29 is 0 Å². The van der Waals surface area contributed by atoms with Crippen LogP contribution in [0.4, 0.5) is 0 Å². The van der Waals surface area contributed by atoms with E-state index in [0.717, 1.165) is 5.54 Å². The first-order chi connectivity index (χ1) is 5.40. The van der Waals surface area contributed by atoms with Gasteiger partial charge in [-0.1, -0.05) is 59.0 Å². The predicted octanol–water partition coefficient (Wildman–Crippen LogP) is 4.25. The molecule has 0 aromatic rings. The van der Waals surface area contributed by atoms with E-state index in [0.29, 0.717) is 5.92 Å². The summed E-state index contributed by atoms with van der Waals surface area (Å²) in [5.41, 5.74) is 3.42. The lowest BCUT2D eigenvalue weighted by molar-refractivity contribution is 0.825. The normalized spacial score (nSPS) is 15.9. The minimum absolute atomic E-state index is 0.709. The monoisotopic (exact) mass is 184 g/mol. The fourth-order valence-electron chi connectivity index (χ4n) is 1.13. The second-order valence-electron chi connectivity index (χ2n) is 4.73. The number of hydrogen-bond acceptors (Lipinski definition) is 0. The van der Waals surface area contributed by atoms with Crippen molar-refractivity contribution in [2.45, 2.75) is 52.8 Å². The molecule has 0 bridgehead atoms. The van der Waals surface area contributed by atoms with Gasteiger partial charge in [-0.2, -0.15) is 0 Å². The smallest absolute Gasteiger partial charge is 0.0741 e. The summed E-state index contributed by atoms with van der Waals surface area (Å²) < 4.78 is 0. The van der Waals surface area contributed by atoms with Crippen LogP contribution in [0.1, 0.15) is 34.1 Å². The highest BCUT2D eigenvalue weighted by atomic mass is 28.3. The van der Waals surface area contributed by atoms with Crippen molar-refractivity contribution in [2.75, 3.05) is 0 Å². The topological polar surface area (TPSA) is 0 Å². The molecular weight excluding hydrogens is 160 g/mol. The van der Waals surface area contributed by atoms with Crippen LogP contribution < -0.4 is 0 Å². The molecule has 72 valence electrons. The van der Waals surface area contributed by atoms with Gasteiger partial charge >= 0.3 is 0 Å². The summed E-state index contributed by atoms with van der Waals surface area (Å²) in [4.78, 5) is 0. The average molecular weight is 184 g/mol. The SMILES string of the molecule is CCC(C)[Si](C)(C)C=CC(C)C. The van der Waals surface area contributed by atoms with E-state index in [-0.39, 0.29) is 0 Å². The van der Waals surface area contributed by atoms with Gasteiger partial charge < -0.3 is 0 Å². The van der Waals surface area contributed by atoms with Gasteiger partial charge in [0.25, 0.3) is 0 Å². The summed E-state index contributed by atoms with van der Waals surface area (Å²) in [7, 11) is -1.05. The van der Waals surface area contributed by atoms with Crippen LogP contribution in [0.15, 0.2) is 11.8 Å². The van der Waals surface area contributed by atoms with E-state index in [9.17, 15) is 0 Å². The van der Waals surface area contributed by atoms with Gasteiger partial charge in [0.15, 0.2) is 0 Å². The van der Waals surface area contributed by atoms with E-state index in [1.165, 1.54) is 6.42 Å². The third-order valence-corrected chi connectivity index (χ3v) is 6.79. The fourth-order valence-corrected chi connectivity index (χ4v) is 3.39. The molecule has 0 heterocycles. The van der Waals surface area contributed by atoms with E-state index in [1.54, 1.807) is 0 Å². The molecule has 0 aliphatic heterocycles. The molecule has 0 amide bonds. The molecule has 0 saturated carbocycles. The highest BCUT2D eigenvalue weighted by Crippen LogP contribution is 2.25. The molecule has 0 nitrogen and oxygen atoms in total. The lowest BCUT2D eigenvalue weighted by Gasteiger charge is -2.25. The van der Waals surface area contributed by atoms with E-state index in [4.69, 9.17) is 0 Å². The van der Waals surface area contributed by atoms with Crippen molar-refractivity contribution >= 4 is 8.07 Å². The molecule has 1 heteroatoms. The van der Waals surface area contributed by atoms with Crippen molar-refractivity contribution in [1.82, 2.24) is 0 Å². The molecule has 1 unspecified atom stereocenters. The largest absolute Gasteiger partial charge is 0.0981 e. The van der Waals surface area contributed by atoms with Crippen LogP contribution in [-0.4, -0.2) is 8.07 Å². The van der Waals surface area contributed by atoms with Crippen molar-refractivity contribution in [3.63, 3.8) is 0 Å². The zero-order valence-electron chi connectivity index (χ0n) is 9.52. The molecule has 12 heavy (non-hydrogen) atoms. The molecule has 0 spiro atoms. The van der Waals surface area contributed by atoms with Gasteiger partial charge in [0.1, 0.15) is 0 Å². The lowest BCUT2D eigenvalue weighted by atomic mass is 10.2. The fraction of sp³-hybridized carbons (Fsp3) is 0.818. The maximum Gasteiger partial charge on any atom is 0.0741 e. The Hall–Kier alpha value is -0.0431. The Balaban J connectivity index is 4.20. The molecule has 0 aliphatic rings. The van der Waals surface area contributed by atoms with Gasteiger partial charge in [-0.05, 0) is 11.5 Å². The first-order valence-corrected chi connectivity index (χ1v) is 8.25. The van der Waals surface area contributed by atoms with Crippen molar-refractivity contribution in [1.29, 1.82) is 0 Å². The number of rotatable bonds is 4. The van der Waals surface area contributed by atoms with Crippen LogP contribution in [0.5, 0.6) is 0 Å². The average Bonchev–Trinajstić information content (AvgIpc) is 1.99. The molecule has 0 saturated heterocycles. The van der Waals surface area contributed by atoms with Crippen molar-refractivity contribution in [2.24, 2.45) is 5.92 Å². The number of allylic oxidation sites excluding steroid dienone is 1. The molecule has 0 aromatic carbocycles. The van der Waals surface area contributed by atoms with Crippen LogP contribution in [0, 0.1) is 5.92 Å². The van der Waals surface area contributed by atoms with E-state index >= 15 is 0 Å². The maximum atomic E-state index is 2.51. The van der Waals surface area contributed by atoms with Crippen LogP contribution >= 0.6 is 0 Å². The summed E-state index contributed by atoms with van der Waals surface area (Å²) in [6.45, 7) is 14.1. The quantitative estimate of drug-likeness (QED) is 0.573. The zero-order chi connectivity index (χ0) is 9.78. The highest BCUT2D eigenvalue weighted by molar-refractivity contribution is 6.83. The van der Waals surface area contributed by atoms with Crippen LogP contribution in [-0.2, 0) is 0 Å². The van der Waals surface area contributed by atoms with Crippen molar-refractivity contribution in [3.8, 4) is 0 Å².